The summed E-state index contributed by atoms with van der Waals surface area (Å²) in [4.78, 5) is 13.4. The molecule has 0 amide bonds. The van der Waals surface area contributed by atoms with Gasteiger partial charge in [-0.3, -0.25) is 4.79 Å². The molecule has 112 valence electrons. The monoisotopic (exact) mass is 367 g/mol. The lowest BCUT2D eigenvalue weighted by Crippen LogP contribution is -2.29. The molecule has 0 aliphatic rings. The highest BCUT2D eigenvalue weighted by atomic mass is 79.9. The molecule has 2 rings (SSSR count). The highest BCUT2D eigenvalue weighted by molar-refractivity contribution is 9.10. The molecule has 2 heterocycles. The number of nitrogens with one attached hydrogen (secondary N) is 1. The minimum Gasteiger partial charge on any atom is -0.382 e. The van der Waals surface area contributed by atoms with Crippen molar-refractivity contribution in [1.29, 1.82) is 0 Å². The normalized spacial score (nSPS) is 11.4. The summed E-state index contributed by atoms with van der Waals surface area (Å²) in [5, 5.41) is 9.52. The minimum absolute atomic E-state index is 0.0103. The Morgan fingerprint density at radius 3 is 2.95 bits per heavy atom. The van der Waals surface area contributed by atoms with Crippen molar-refractivity contribution in [2.24, 2.45) is 0 Å². The smallest absolute Gasteiger partial charge is 0.283 e. The highest BCUT2D eigenvalue weighted by Crippen LogP contribution is 2.28. The Labute approximate surface area is 136 Å². The fraction of sp³-hybridized carbons (Fsp3) is 0.333. The van der Waals surface area contributed by atoms with Gasteiger partial charge in [-0.15, -0.1) is 17.9 Å². The number of thiophene rings is 1. The van der Waals surface area contributed by atoms with Crippen LogP contribution in [0, 0.1) is 0 Å². The first-order valence-electron chi connectivity index (χ1n) is 6.60. The van der Waals surface area contributed by atoms with E-state index >= 15 is 0 Å². The molecule has 0 bridgehead atoms. The van der Waals surface area contributed by atoms with Crippen LogP contribution in [0.2, 0.25) is 0 Å². The van der Waals surface area contributed by atoms with Gasteiger partial charge in [0.15, 0.2) is 0 Å². The second-order valence-corrected chi connectivity index (χ2v) is 7.10. The number of aromatic nitrogens is 2. The molecular formula is C15H18BrN3OS. The van der Waals surface area contributed by atoms with E-state index in [9.17, 15) is 4.79 Å². The number of anilines is 1. The van der Waals surface area contributed by atoms with Gasteiger partial charge in [0.1, 0.15) is 4.47 Å². The molecule has 21 heavy (non-hydrogen) atoms. The summed E-state index contributed by atoms with van der Waals surface area (Å²) in [5.41, 5.74) is 0.544. The first-order chi connectivity index (χ1) is 9.95. The third-order valence-electron chi connectivity index (χ3n) is 3.20. The van der Waals surface area contributed by atoms with Gasteiger partial charge < -0.3 is 5.32 Å². The average Bonchev–Trinajstić information content (AvgIpc) is 2.98. The summed E-state index contributed by atoms with van der Waals surface area (Å²) in [6.07, 6.45) is 3.31. The molecule has 6 heteroatoms. The minimum atomic E-state index is -0.158. The maximum atomic E-state index is 12.1. The zero-order valence-corrected chi connectivity index (χ0v) is 14.5. The zero-order chi connectivity index (χ0) is 15.5. The molecule has 0 unspecified atom stereocenters. The van der Waals surface area contributed by atoms with Crippen molar-refractivity contribution in [3.8, 4) is 0 Å². The fourth-order valence-corrected chi connectivity index (χ4v) is 3.21. The summed E-state index contributed by atoms with van der Waals surface area (Å²) in [7, 11) is 0. The van der Waals surface area contributed by atoms with E-state index < -0.39 is 0 Å². The van der Waals surface area contributed by atoms with Crippen LogP contribution in [0.25, 0.3) is 0 Å². The average molecular weight is 368 g/mol. The number of allylic oxidation sites excluding steroid dienone is 1. The van der Waals surface area contributed by atoms with Gasteiger partial charge in [-0.1, -0.05) is 26.0 Å². The number of hydrogen-bond donors (Lipinski definition) is 1. The summed E-state index contributed by atoms with van der Waals surface area (Å²) < 4.78 is 1.87. The van der Waals surface area contributed by atoms with E-state index in [2.05, 4.69) is 64.3 Å². The maximum Gasteiger partial charge on any atom is 0.283 e. The second-order valence-electron chi connectivity index (χ2n) is 5.36. The van der Waals surface area contributed by atoms with Crippen LogP contribution < -0.4 is 10.9 Å². The molecule has 0 radical (unpaired) electrons. The Morgan fingerprint density at radius 2 is 2.33 bits per heavy atom. The lowest BCUT2D eigenvalue weighted by atomic mass is 9.91. The van der Waals surface area contributed by atoms with Crippen molar-refractivity contribution in [3.63, 3.8) is 0 Å². The number of hydrogen-bond acceptors (Lipinski definition) is 4. The summed E-state index contributed by atoms with van der Waals surface area (Å²) in [6, 6.07) is 4.18. The van der Waals surface area contributed by atoms with E-state index in [1.807, 2.05) is 0 Å². The molecule has 0 aliphatic heterocycles. The summed E-state index contributed by atoms with van der Waals surface area (Å²) in [6.45, 7) is 9.08. The number of nitrogens with zero attached hydrogens (tertiary/aromatic N) is 2. The number of rotatable bonds is 6. The molecular weight excluding hydrogens is 350 g/mol. The molecule has 0 atom stereocenters. The molecule has 0 spiro atoms. The lowest BCUT2D eigenvalue weighted by Gasteiger charge is -2.24. The van der Waals surface area contributed by atoms with Crippen LogP contribution in [0.5, 0.6) is 0 Å². The Morgan fingerprint density at radius 1 is 1.57 bits per heavy atom. The third-order valence-corrected chi connectivity index (χ3v) is 5.20. The van der Waals surface area contributed by atoms with Crippen molar-refractivity contribution in [2.75, 3.05) is 11.9 Å². The van der Waals surface area contributed by atoms with Gasteiger partial charge in [0.05, 0.1) is 18.4 Å². The fourth-order valence-electron chi connectivity index (χ4n) is 1.91. The van der Waals surface area contributed by atoms with E-state index in [1.54, 1.807) is 23.6 Å². The van der Waals surface area contributed by atoms with E-state index in [0.29, 0.717) is 16.7 Å². The number of halogens is 1. The largest absolute Gasteiger partial charge is 0.382 e. The van der Waals surface area contributed by atoms with Gasteiger partial charge >= 0.3 is 0 Å². The van der Waals surface area contributed by atoms with E-state index in [-0.39, 0.29) is 11.0 Å². The molecule has 0 fully saturated rings. The Bertz CT molecular complexity index is 677. The van der Waals surface area contributed by atoms with E-state index in [0.717, 1.165) is 6.54 Å². The van der Waals surface area contributed by atoms with Crippen molar-refractivity contribution in [2.45, 2.75) is 25.8 Å². The van der Waals surface area contributed by atoms with Gasteiger partial charge in [0.2, 0.25) is 0 Å². The SMILES string of the molecule is C=CCn1ncc(NCC(C)(C)c2cccs2)c(Br)c1=O. The highest BCUT2D eigenvalue weighted by Gasteiger charge is 2.22. The van der Waals surface area contributed by atoms with Crippen LogP contribution in [0.3, 0.4) is 0 Å². The molecule has 0 aromatic carbocycles. The van der Waals surface area contributed by atoms with Gasteiger partial charge in [0.25, 0.3) is 5.56 Å². The van der Waals surface area contributed by atoms with Crippen LogP contribution >= 0.6 is 27.3 Å². The van der Waals surface area contributed by atoms with E-state index in [4.69, 9.17) is 0 Å². The summed E-state index contributed by atoms with van der Waals surface area (Å²) in [5.74, 6) is 0. The van der Waals surface area contributed by atoms with E-state index in [1.165, 1.54) is 9.56 Å². The summed E-state index contributed by atoms with van der Waals surface area (Å²) >= 11 is 5.09. The Balaban J connectivity index is 2.16. The lowest BCUT2D eigenvalue weighted by molar-refractivity contribution is 0.568. The zero-order valence-electron chi connectivity index (χ0n) is 12.1. The van der Waals surface area contributed by atoms with Crippen molar-refractivity contribution in [3.05, 3.63) is 56.1 Å². The molecule has 2 aromatic rings. The van der Waals surface area contributed by atoms with Gasteiger partial charge in [0, 0.05) is 16.8 Å². The Hall–Kier alpha value is -1.40. The van der Waals surface area contributed by atoms with Crippen LogP contribution in [-0.2, 0) is 12.0 Å². The molecule has 0 saturated carbocycles. The topological polar surface area (TPSA) is 46.9 Å². The van der Waals surface area contributed by atoms with Gasteiger partial charge in [-0.2, -0.15) is 5.10 Å². The molecule has 4 nitrogen and oxygen atoms in total. The first-order valence-corrected chi connectivity index (χ1v) is 8.27. The molecule has 0 aliphatic carbocycles. The quantitative estimate of drug-likeness (QED) is 0.792. The molecule has 0 saturated heterocycles. The standard InChI is InChI=1S/C15H18BrN3OS/c1-4-7-19-14(20)13(16)11(9-18-19)17-10-15(2,3)12-6-5-8-21-12/h4-6,8-9,17H,1,7,10H2,2-3H3. The third kappa shape index (κ3) is 3.63. The van der Waals surface area contributed by atoms with Gasteiger partial charge in [-0.25, -0.2) is 4.68 Å². The van der Waals surface area contributed by atoms with Crippen LogP contribution in [0.15, 0.2) is 45.6 Å². The molecule has 1 N–H and O–H groups in total. The Kier molecular flexibility index (Phi) is 5.00. The van der Waals surface area contributed by atoms with Crippen LogP contribution in [0.4, 0.5) is 5.69 Å². The van der Waals surface area contributed by atoms with Crippen molar-refractivity contribution < 1.29 is 0 Å². The van der Waals surface area contributed by atoms with Crippen molar-refractivity contribution >= 4 is 33.0 Å². The molecule has 2 aromatic heterocycles. The van der Waals surface area contributed by atoms with Crippen LogP contribution in [0.1, 0.15) is 18.7 Å². The van der Waals surface area contributed by atoms with Crippen LogP contribution in [-0.4, -0.2) is 16.3 Å². The van der Waals surface area contributed by atoms with Crippen molar-refractivity contribution in [1.82, 2.24) is 9.78 Å². The second kappa shape index (κ2) is 6.58. The maximum absolute atomic E-state index is 12.1. The predicted octanol–water partition coefficient (Wildman–Crippen LogP) is 3.64. The predicted molar refractivity (Wildman–Crippen MR) is 92.2 cm³/mol. The first kappa shape index (κ1) is 16.0. The van der Waals surface area contributed by atoms with Gasteiger partial charge in [-0.05, 0) is 27.4 Å².